The number of anilines is 1. The molecule has 19 heavy (non-hydrogen) atoms. The molecule has 1 aromatic carbocycles. The number of carbonyl (C=O) groups is 1. The van der Waals surface area contributed by atoms with Gasteiger partial charge < -0.3 is 10.6 Å². The van der Waals surface area contributed by atoms with Gasteiger partial charge in [0.1, 0.15) is 0 Å². The van der Waals surface area contributed by atoms with Crippen LogP contribution in [-0.4, -0.2) is 11.0 Å². The van der Waals surface area contributed by atoms with Crippen molar-refractivity contribution in [1.29, 1.82) is 0 Å². The maximum atomic E-state index is 11.7. The Morgan fingerprint density at radius 2 is 2.00 bits per heavy atom. The number of urea groups is 1. The number of pyridine rings is 1. The molecule has 0 bridgehead atoms. The average Bonchev–Trinajstić information content (AvgIpc) is 2.39. The van der Waals surface area contributed by atoms with Crippen LogP contribution in [0.2, 0.25) is 5.02 Å². The first-order chi connectivity index (χ1) is 9.15. The van der Waals surface area contributed by atoms with Gasteiger partial charge in [-0.1, -0.05) is 29.8 Å². The number of rotatable bonds is 3. The fourth-order valence-electron chi connectivity index (χ4n) is 1.60. The van der Waals surface area contributed by atoms with E-state index in [2.05, 4.69) is 15.6 Å². The van der Waals surface area contributed by atoms with Crippen LogP contribution in [-0.2, 0) is 6.54 Å². The summed E-state index contributed by atoms with van der Waals surface area (Å²) in [5.74, 6) is 0. The van der Waals surface area contributed by atoms with Crippen LogP contribution in [0, 0.1) is 6.92 Å². The van der Waals surface area contributed by atoms with Gasteiger partial charge in [-0.3, -0.25) is 4.98 Å². The lowest BCUT2D eigenvalue weighted by Gasteiger charge is -2.08. The molecule has 5 heteroatoms. The SMILES string of the molecule is Cc1cccc(CNC(=O)Nc2ccccc2Cl)n1. The van der Waals surface area contributed by atoms with Crippen LogP contribution >= 0.6 is 11.6 Å². The smallest absolute Gasteiger partial charge is 0.319 e. The van der Waals surface area contributed by atoms with Crippen molar-refractivity contribution in [1.82, 2.24) is 10.3 Å². The number of nitrogens with one attached hydrogen (secondary N) is 2. The van der Waals surface area contributed by atoms with Gasteiger partial charge in [0, 0.05) is 5.69 Å². The number of aryl methyl sites for hydroxylation is 1. The summed E-state index contributed by atoms with van der Waals surface area (Å²) in [5, 5.41) is 5.92. The summed E-state index contributed by atoms with van der Waals surface area (Å²) in [6.45, 7) is 2.28. The second-order valence-corrected chi connectivity index (χ2v) is 4.47. The monoisotopic (exact) mass is 275 g/mol. The molecule has 0 saturated heterocycles. The standard InChI is InChI=1S/C14H14ClN3O/c1-10-5-4-6-11(17-10)9-16-14(19)18-13-8-3-2-7-12(13)15/h2-8H,9H2,1H3,(H2,16,18,19). The van der Waals surface area contributed by atoms with Gasteiger partial charge >= 0.3 is 6.03 Å². The molecule has 2 rings (SSSR count). The Balaban J connectivity index is 1.90. The Bertz CT molecular complexity index is 586. The largest absolute Gasteiger partial charge is 0.332 e. The molecule has 0 saturated carbocycles. The number of hydrogen-bond donors (Lipinski definition) is 2. The van der Waals surface area contributed by atoms with Gasteiger partial charge in [-0.05, 0) is 31.2 Å². The number of hydrogen-bond acceptors (Lipinski definition) is 2. The summed E-state index contributed by atoms with van der Waals surface area (Å²) in [7, 11) is 0. The molecule has 0 fully saturated rings. The molecule has 0 aliphatic heterocycles. The first kappa shape index (κ1) is 13.4. The van der Waals surface area contributed by atoms with Crippen LogP contribution < -0.4 is 10.6 Å². The fourth-order valence-corrected chi connectivity index (χ4v) is 1.78. The quantitative estimate of drug-likeness (QED) is 0.902. The van der Waals surface area contributed by atoms with Gasteiger partial charge in [-0.2, -0.15) is 0 Å². The molecule has 0 radical (unpaired) electrons. The van der Waals surface area contributed by atoms with E-state index in [9.17, 15) is 4.79 Å². The molecule has 2 N–H and O–H groups in total. The molecular weight excluding hydrogens is 262 g/mol. The summed E-state index contributed by atoms with van der Waals surface area (Å²) < 4.78 is 0. The second-order valence-electron chi connectivity index (χ2n) is 4.06. The van der Waals surface area contributed by atoms with Crippen molar-refractivity contribution in [2.45, 2.75) is 13.5 Å². The molecule has 1 heterocycles. The molecule has 0 unspecified atom stereocenters. The molecular formula is C14H14ClN3O. The fraction of sp³-hybridized carbons (Fsp3) is 0.143. The second kappa shape index (κ2) is 6.20. The summed E-state index contributed by atoms with van der Waals surface area (Å²) in [6.07, 6.45) is 0. The topological polar surface area (TPSA) is 54.0 Å². The van der Waals surface area contributed by atoms with Crippen molar-refractivity contribution < 1.29 is 4.79 Å². The minimum Gasteiger partial charge on any atom is -0.332 e. The molecule has 0 atom stereocenters. The normalized spacial score (nSPS) is 10.0. The van der Waals surface area contributed by atoms with Crippen LogP contribution in [0.15, 0.2) is 42.5 Å². The third kappa shape index (κ3) is 3.96. The van der Waals surface area contributed by atoms with E-state index in [1.54, 1.807) is 12.1 Å². The van der Waals surface area contributed by atoms with Crippen molar-refractivity contribution in [3.63, 3.8) is 0 Å². The van der Waals surface area contributed by atoms with Crippen LogP contribution in [0.25, 0.3) is 0 Å². The molecule has 98 valence electrons. The minimum absolute atomic E-state index is 0.309. The number of halogens is 1. The van der Waals surface area contributed by atoms with Crippen molar-refractivity contribution >= 4 is 23.3 Å². The molecule has 0 aliphatic rings. The van der Waals surface area contributed by atoms with Gasteiger partial charge in [-0.25, -0.2) is 4.79 Å². The summed E-state index contributed by atoms with van der Waals surface area (Å²) in [4.78, 5) is 16.0. The van der Waals surface area contributed by atoms with E-state index >= 15 is 0 Å². The van der Waals surface area contributed by atoms with Crippen molar-refractivity contribution in [3.05, 3.63) is 58.9 Å². The maximum absolute atomic E-state index is 11.7. The Labute approximate surface area is 116 Å². The number of benzene rings is 1. The van der Waals surface area contributed by atoms with Crippen LogP contribution in [0.4, 0.5) is 10.5 Å². The first-order valence-electron chi connectivity index (χ1n) is 5.87. The van der Waals surface area contributed by atoms with Crippen molar-refractivity contribution in [2.24, 2.45) is 0 Å². The third-order valence-electron chi connectivity index (χ3n) is 2.50. The van der Waals surface area contributed by atoms with Crippen molar-refractivity contribution in [3.8, 4) is 0 Å². The molecule has 0 aliphatic carbocycles. The number of amides is 2. The Morgan fingerprint density at radius 1 is 1.21 bits per heavy atom. The van der Waals surface area contributed by atoms with Crippen LogP contribution in [0.3, 0.4) is 0 Å². The molecule has 1 aromatic heterocycles. The van der Waals surface area contributed by atoms with Gasteiger partial charge in [0.25, 0.3) is 0 Å². The predicted molar refractivity (Wildman–Crippen MR) is 76.3 cm³/mol. The molecule has 2 aromatic rings. The molecule has 2 amide bonds. The van der Waals surface area contributed by atoms with E-state index < -0.39 is 0 Å². The van der Waals surface area contributed by atoms with E-state index in [0.29, 0.717) is 17.3 Å². The highest BCUT2D eigenvalue weighted by Crippen LogP contribution is 2.19. The number of nitrogens with zero attached hydrogens (tertiary/aromatic N) is 1. The highest BCUT2D eigenvalue weighted by Gasteiger charge is 2.04. The maximum Gasteiger partial charge on any atom is 0.319 e. The third-order valence-corrected chi connectivity index (χ3v) is 2.83. The minimum atomic E-state index is -0.309. The lowest BCUT2D eigenvalue weighted by Crippen LogP contribution is -2.28. The zero-order chi connectivity index (χ0) is 13.7. The van der Waals surface area contributed by atoms with E-state index in [1.165, 1.54) is 0 Å². The Hall–Kier alpha value is -2.07. The lowest BCUT2D eigenvalue weighted by atomic mass is 10.3. The summed E-state index contributed by atoms with van der Waals surface area (Å²) in [5.41, 5.74) is 2.32. The predicted octanol–water partition coefficient (Wildman–Crippen LogP) is 3.37. The van der Waals surface area contributed by atoms with E-state index in [4.69, 9.17) is 11.6 Å². The number of para-hydroxylation sites is 1. The molecule has 4 nitrogen and oxygen atoms in total. The zero-order valence-corrected chi connectivity index (χ0v) is 11.2. The van der Waals surface area contributed by atoms with Crippen LogP contribution in [0.1, 0.15) is 11.4 Å². The van der Waals surface area contributed by atoms with E-state index in [0.717, 1.165) is 11.4 Å². The highest BCUT2D eigenvalue weighted by molar-refractivity contribution is 6.33. The summed E-state index contributed by atoms with van der Waals surface area (Å²) in [6, 6.07) is 12.5. The highest BCUT2D eigenvalue weighted by atomic mass is 35.5. The molecule has 0 spiro atoms. The Kier molecular flexibility index (Phi) is 4.36. The number of aromatic nitrogens is 1. The van der Waals surface area contributed by atoms with Gasteiger partial charge in [0.15, 0.2) is 0 Å². The van der Waals surface area contributed by atoms with Crippen molar-refractivity contribution in [2.75, 3.05) is 5.32 Å². The zero-order valence-electron chi connectivity index (χ0n) is 10.5. The Morgan fingerprint density at radius 3 is 2.74 bits per heavy atom. The number of carbonyl (C=O) groups excluding carboxylic acids is 1. The van der Waals surface area contributed by atoms with Gasteiger partial charge in [0.2, 0.25) is 0 Å². The first-order valence-corrected chi connectivity index (χ1v) is 6.25. The van der Waals surface area contributed by atoms with E-state index in [1.807, 2.05) is 37.3 Å². The lowest BCUT2D eigenvalue weighted by molar-refractivity contribution is 0.251. The van der Waals surface area contributed by atoms with Crippen LogP contribution in [0.5, 0.6) is 0 Å². The van der Waals surface area contributed by atoms with Gasteiger partial charge in [-0.15, -0.1) is 0 Å². The van der Waals surface area contributed by atoms with E-state index in [-0.39, 0.29) is 6.03 Å². The average molecular weight is 276 g/mol. The van der Waals surface area contributed by atoms with Gasteiger partial charge in [0.05, 0.1) is 22.9 Å². The summed E-state index contributed by atoms with van der Waals surface area (Å²) >= 11 is 5.95.